The van der Waals surface area contributed by atoms with Gasteiger partial charge in [-0.2, -0.15) is 4.98 Å². The highest BCUT2D eigenvalue weighted by atomic mass is 16.5. The molecule has 11 heteroatoms. The van der Waals surface area contributed by atoms with E-state index in [0.717, 1.165) is 24.0 Å². The molecule has 3 rings (SSSR count). The number of nitrogens with zero attached hydrogens (tertiary/aromatic N) is 2. The first-order valence-corrected chi connectivity index (χ1v) is 10.3. The fraction of sp³-hybridized carbons (Fsp3) is 0.455. The van der Waals surface area contributed by atoms with Crippen LogP contribution in [0.3, 0.4) is 0 Å². The predicted molar refractivity (Wildman–Crippen MR) is 120 cm³/mol. The summed E-state index contributed by atoms with van der Waals surface area (Å²) in [5.74, 6) is -1.05. The monoisotopic (exact) mass is 462 g/mol. The second-order valence-electron chi connectivity index (χ2n) is 7.52. The number of rotatable bonds is 7. The summed E-state index contributed by atoms with van der Waals surface area (Å²) in [6.07, 6.45) is 4.82. The Morgan fingerprint density at radius 2 is 1.48 bits per heavy atom. The maximum absolute atomic E-state index is 10.6. The number of hydrogen-bond donors (Lipinski definition) is 4. The second-order valence-corrected chi connectivity index (χ2v) is 7.52. The lowest BCUT2D eigenvalue weighted by Gasteiger charge is -2.24. The van der Waals surface area contributed by atoms with Crippen LogP contribution in [0.5, 0.6) is 17.2 Å². The molecule has 11 nitrogen and oxygen atoms in total. The summed E-state index contributed by atoms with van der Waals surface area (Å²) in [7, 11) is 4.70. The van der Waals surface area contributed by atoms with Crippen molar-refractivity contribution in [3.63, 3.8) is 0 Å². The number of nitrogens with two attached hydrogens (primary N) is 2. The Hall–Kier alpha value is -3.76. The standard InChI is InChI=1S/C14H18N4O3.C8H12O4/c1-19-10-5-8(6-11(20-2)12(10)21-3)4-9-7-17-14(16)18-13(9)15;9-7(10)5-3-1-2-4-6(5)8(11)12/h5-7H,4H2,1-3H3,(H4,15,16,17,18);5-6H,1-4H2,(H,9,10)(H,11,12)/t;5-,6-/m.1/s1. The number of anilines is 2. The number of benzene rings is 1. The minimum Gasteiger partial charge on any atom is -0.493 e. The molecule has 6 N–H and O–H groups in total. The van der Waals surface area contributed by atoms with Crippen LogP contribution in [0, 0.1) is 11.8 Å². The molecule has 0 spiro atoms. The maximum atomic E-state index is 10.6. The normalized spacial score (nSPS) is 17.3. The molecule has 2 atom stereocenters. The van der Waals surface area contributed by atoms with Gasteiger partial charge in [0.2, 0.25) is 11.7 Å². The first-order chi connectivity index (χ1) is 15.7. The van der Waals surface area contributed by atoms with E-state index in [-0.39, 0.29) is 5.95 Å². The highest BCUT2D eigenvalue weighted by Gasteiger charge is 2.35. The highest BCUT2D eigenvalue weighted by molar-refractivity contribution is 5.80. The Balaban J connectivity index is 0.000000273. The molecule has 0 radical (unpaired) electrons. The number of carbonyl (C=O) groups is 2. The summed E-state index contributed by atoms with van der Waals surface area (Å²) in [5.41, 5.74) is 13.1. The molecule has 0 saturated heterocycles. The Morgan fingerprint density at radius 1 is 0.970 bits per heavy atom. The van der Waals surface area contributed by atoms with Gasteiger partial charge in [0, 0.05) is 18.2 Å². The van der Waals surface area contributed by atoms with Crippen LogP contribution in [0.1, 0.15) is 36.8 Å². The van der Waals surface area contributed by atoms with Crippen molar-refractivity contribution >= 4 is 23.7 Å². The van der Waals surface area contributed by atoms with Gasteiger partial charge in [-0.05, 0) is 30.5 Å². The van der Waals surface area contributed by atoms with Crippen LogP contribution in [0.4, 0.5) is 11.8 Å². The Bertz CT molecular complexity index is 936. The Kier molecular flexibility index (Phi) is 9.08. The van der Waals surface area contributed by atoms with Gasteiger partial charge in [-0.25, -0.2) is 4.98 Å². The molecule has 0 amide bonds. The molecule has 1 saturated carbocycles. The van der Waals surface area contributed by atoms with Gasteiger partial charge in [-0.1, -0.05) is 12.8 Å². The van der Waals surface area contributed by atoms with E-state index < -0.39 is 23.8 Å². The quantitative estimate of drug-likeness (QED) is 0.473. The Labute approximate surface area is 191 Å². The van der Waals surface area contributed by atoms with Gasteiger partial charge in [-0.15, -0.1) is 0 Å². The molecular formula is C22H30N4O7. The fourth-order valence-corrected chi connectivity index (χ4v) is 3.75. The molecule has 180 valence electrons. The van der Waals surface area contributed by atoms with Gasteiger partial charge >= 0.3 is 11.9 Å². The zero-order valence-electron chi connectivity index (χ0n) is 18.9. The molecule has 1 aromatic carbocycles. The second kappa shape index (κ2) is 11.7. The molecule has 1 aliphatic rings. The first-order valence-electron chi connectivity index (χ1n) is 10.3. The average Bonchev–Trinajstić information content (AvgIpc) is 2.80. The molecule has 0 bridgehead atoms. The number of hydrogen-bond acceptors (Lipinski definition) is 9. The number of nitrogen functional groups attached to an aromatic ring is 2. The third-order valence-corrected chi connectivity index (χ3v) is 5.44. The minimum atomic E-state index is -0.970. The van der Waals surface area contributed by atoms with Gasteiger partial charge < -0.3 is 35.9 Å². The van der Waals surface area contributed by atoms with Crippen LogP contribution in [0.25, 0.3) is 0 Å². The zero-order chi connectivity index (χ0) is 24.5. The predicted octanol–water partition coefficient (Wildman–Crippen LogP) is 2.22. The Morgan fingerprint density at radius 3 is 1.88 bits per heavy atom. The lowest BCUT2D eigenvalue weighted by atomic mass is 9.79. The van der Waals surface area contributed by atoms with Crippen molar-refractivity contribution in [3.05, 3.63) is 29.5 Å². The molecule has 1 aliphatic carbocycles. The van der Waals surface area contributed by atoms with E-state index in [4.69, 9.17) is 35.9 Å². The van der Waals surface area contributed by atoms with Crippen molar-refractivity contribution < 1.29 is 34.0 Å². The molecular weight excluding hydrogens is 432 g/mol. The van der Waals surface area contributed by atoms with Crippen LogP contribution in [0.2, 0.25) is 0 Å². The van der Waals surface area contributed by atoms with Crippen LogP contribution >= 0.6 is 0 Å². The van der Waals surface area contributed by atoms with Gasteiger partial charge in [0.05, 0.1) is 33.2 Å². The molecule has 1 heterocycles. The topological polar surface area (TPSA) is 180 Å². The molecule has 1 fully saturated rings. The van der Waals surface area contributed by atoms with Crippen molar-refractivity contribution in [3.8, 4) is 17.2 Å². The third kappa shape index (κ3) is 6.61. The maximum Gasteiger partial charge on any atom is 0.307 e. The summed E-state index contributed by atoms with van der Waals surface area (Å²) in [6.45, 7) is 0. The molecule has 0 aliphatic heterocycles. The van der Waals surface area contributed by atoms with Crippen molar-refractivity contribution in [2.24, 2.45) is 11.8 Å². The number of carboxylic acids is 2. The average molecular weight is 463 g/mol. The number of aromatic nitrogens is 2. The largest absolute Gasteiger partial charge is 0.493 e. The SMILES string of the molecule is COc1cc(Cc2cnc(N)nc2N)cc(OC)c1OC.O=C(O)[C@@H]1CCCC[C@H]1C(=O)O. The summed E-state index contributed by atoms with van der Waals surface area (Å²) >= 11 is 0. The number of aliphatic carboxylic acids is 2. The van der Waals surface area contributed by atoms with Gasteiger partial charge in [0.15, 0.2) is 11.5 Å². The van der Waals surface area contributed by atoms with Crippen molar-refractivity contribution in [2.75, 3.05) is 32.8 Å². The van der Waals surface area contributed by atoms with E-state index in [2.05, 4.69) is 9.97 Å². The van der Waals surface area contributed by atoms with E-state index in [9.17, 15) is 9.59 Å². The number of methoxy groups -OCH3 is 3. The van der Waals surface area contributed by atoms with Crippen LogP contribution in [-0.4, -0.2) is 53.4 Å². The summed E-state index contributed by atoms with van der Waals surface area (Å²) < 4.78 is 15.9. The first kappa shape index (κ1) is 25.5. The van der Waals surface area contributed by atoms with E-state index in [1.807, 2.05) is 12.1 Å². The lowest BCUT2D eigenvalue weighted by Crippen LogP contribution is -2.32. The summed E-state index contributed by atoms with van der Waals surface area (Å²) in [4.78, 5) is 29.1. The molecule has 0 unspecified atom stereocenters. The van der Waals surface area contributed by atoms with Gasteiger partial charge in [0.1, 0.15) is 5.82 Å². The third-order valence-electron chi connectivity index (χ3n) is 5.44. The zero-order valence-corrected chi connectivity index (χ0v) is 18.9. The fourth-order valence-electron chi connectivity index (χ4n) is 3.75. The van der Waals surface area contributed by atoms with Crippen molar-refractivity contribution in [1.82, 2.24) is 9.97 Å². The minimum absolute atomic E-state index is 0.154. The van der Waals surface area contributed by atoms with Gasteiger partial charge in [-0.3, -0.25) is 9.59 Å². The number of carboxylic acid groups (broad SMARTS) is 2. The molecule has 1 aromatic heterocycles. The van der Waals surface area contributed by atoms with Crippen LogP contribution < -0.4 is 25.7 Å². The lowest BCUT2D eigenvalue weighted by molar-refractivity contribution is -0.155. The van der Waals surface area contributed by atoms with E-state index in [1.54, 1.807) is 27.5 Å². The van der Waals surface area contributed by atoms with E-state index >= 15 is 0 Å². The highest BCUT2D eigenvalue weighted by Crippen LogP contribution is 2.38. The van der Waals surface area contributed by atoms with Crippen molar-refractivity contribution in [1.29, 1.82) is 0 Å². The van der Waals surface area contributed by atoms with E-state index in [1.165, 1.54) is 0 Å². The molecule has 2 aromatic rings. The summed E-state index contributed by atoms with van der Waals surface area (Å²) in [5, 5.41) is 17.4. The summed E-state index contributed by atoms with van der Waals surface area (Å²) in [6, 6.07) is 3.72. The van der Waals surface area contributed by atoms with Crippen LogP contribution in [-0.2, 0) is 16.0 Å². The van der Waals surface area contributed by atoms with E-state index in [0.29, 0.717) is 42.3 Å². The van der Waals surface area contributed by atoms with Gasteiger partial charge in [0.25, 0.3) is 0 Å². The van der Waals surface area contributed by atoms with Crippen LogP contribution in [0.15, 0.2) is 18.3 Å². The van der Waals surface area contributed by atoms with Crippen molar-refractivity contribution in [2.45, 2.75) is 32.1 Å². The smallest absolute Gasteiger partial charge is 0.307 e. The number of ether oxygens (including phenoxy) is 3. The molecule has 33 heavy (non-hydrogen) atoms.